The van der Waals surface area contributed by atoms with E-state index in [2.05, 4.69) is 21.2 Å². The van der Waals surface area contributed by atoms with Crippen LogP contribution in [0.15, 0.2) is 27.6 Å². The molecule has 0 spiro atoms. The molecule has 1 aromatic carbocycles. The van der Waals surface area contributed by atoms with Gasteiger partial charge in [0.1, 0.15) is 0 Å². The number of carbonyl (C=O) groups is 1. The molecule has 104 valence electrons. The maximum atomic E-state index is 12.2. The summed E-state index contributed by atoms with van der Waals surface area (Å²) in [5.74, 6) is -0.292. The molecule has 0 aliphatic heterocycles. The van der Waals surface area contributed by atoms with E-state index in [9.17, 15) is 13.2 Å². The van der Waals surface area contributed by atoms with E-state index in [4.69, 9.17) is 5.14 Å². The Balaban J connectivity index is 2.30. The summed E-state index contributed by atoms with van der Waals surface area (Å²) in [6.45, 7) is 1.98. The van der Waals surface area contributed by atoms with E-state index < -0.39 is 10.0 Å². The van der Waals surface area contributed by atoms with Crippen molar-refractivity contribution in [2.24, 2.45) is 5.14 Å². The minimum atomic E-state index is -3.81. The minimum Gasteiger partial charge on any atom is -0.347 e. The quantitative estimate of drug-likeness (QED) is 0.873. The van der Waals surface area contributed by atoms with Crippen LogP contribution in [0.2, 0.25) is 0 Å². The lowest BCUT2D eigenvalue weighted by molar-refractivity contribution is 0.0849. The van der Waals surface area contributed by atoms with Crippen LogP contribution in [-0.4, -0.2) is 19.9 Å². The van der Waals surface area contributed by atoms with E-state index in [0.29, 0.717) is 4.47 Å². The Bertz CT molecular complexity index is 624. The number of halogens is 1. The van der Waals surface area contributed by atoms with Crippen molar-refractivity contribution in [3.05, 3.63) is 28.2 Å². The van der Waals surface area contributed by atoms with Crippen LogP contribution in [0.1, 0.15) is 36.5 Å². The maximum Gasteiger partial charge on any atom is 0.252 e. The second-order valence-corrected chi connectivity index (χ2v) is 7.47. The van der Waals surface area contributed by atoms with Gasteiger partial charge in [-0.05, 0) is 60.3 Å². The Morgan fingerprint density at radius 2 is 2.05 bits per heavy atom. The smallest absolute Gasteiger partial charge is 0.252 e. The van der Waals surface area contributed by atoms with E-state index in [1.54, 1.807) is 0 Å². The van der Waals surface area contributed by atoms with Crippen molar-refractivity contribution >= 4 is 31.9 Å². The van der Waals surface area contributed by atoms with Gasteiger partial charge in [-0.25, -0.2) is 13.6 Å². The number of nitrogens with two attached hydrogens (primary N) is 1. The fourth-order valence-electron chi connectivity index (χ4n) is 2.03. The molecule has 19 heavy (non-hydrogen) atoms. The summed E-state index contributed by atoms with van der Waals surface area (Å²) in [5, 5.41) is 7.99. The molecule has 5 nitrogen and oxygen atoms in total. The number of amides is 1. The van der Waals surface area contributed by atoms with Crippen molar-refractivity contribution in [3.63, 3.8) is 0 Å². The number of hydrogen-bond acceptors (Lipinski definition) is 3. The summed E-state index contributed by atoms with van der Waals surface area (Å²) in [4.78, 5) is 12.1. The molecule has 0 bridgehead atoms. The predicted molar refractivity (Wildman–Crippen MR) is 75.2 cm³/mol. The molecule has 1 aliphatic carbocycles. The number of primary sulfonamides is 1. The van der Waals surface area contributed by atoms with Crippen LogP contribution in [0.4, 0.5) is 0 Å². The number of benzene rings is 1. The molecule has 1 aliphatic rings. The maximum absolute atomic E-state index is 12.2. The summed E-state index contributed by atoms with van der Waals surface area (Å²) in [5.41, 5.74) is 0.0911. The lowest BCUT2D eigenvalue weighted by Crippen LogP contribution is -2.51. The number of carbonyl (C=O) groups excluding carboxylic acids is 1. The summed E-state index contributed by atoms with van der Waals surface area (Å²) < 4.78 is 23.1. The van der Waals surface area contributed by atoms with Crippen molar-refractivity contribution in [2.45, 2.75) is 36.6 Å². The van der Waals surface area contributed by atoms with Gasteiger partial charge in [-0.15, -0.1) is 0 Å². The van der Waals surface area contributed by atoms with Crippen LogP contribution in [-0.2, 0) is 10.0 Å². The number of hydrogen-bond donors (Lipinski definition) is 2. The van der Waals surface area contributed by atoms with Gasteiger partial charge in [0.25, 0.3) is 5.91 Å². The van der Waals surface area contributed by atoms with Crippen molar-refractivity contribution in [1.82, 2.24) is 5.32 Å². The fourth-order valence-corrected chi connectivity index (χ4v) is 3.00. The average molecular weight is 347 g/mol. The molecule has 1 saturated carbocycles. The summed E-state index contributed by atoms with van der Waals surface area (Å²) in [7, 11) is -3.81. The monoisotopic (exact) mass is 346 g/mol. The van der Waals surface area contributed by atoms with Gasteiger partial charge in [-0.1, -0.05) is 0 Å². The lowest BCUT2D eigenvalue weighted by atomic mass is 9.78. The molecular weight excluding hydrogens is 332 g/mol. The van der Waals surface area contributed by atoms with Gasteiger partial charge in [0.2, 0.25) is 10.0 Å². The first kappa shape index (κ1) is 14.5. The fraction of sp³-hybridized carbons (Fsp3) is 0.417. The number of sulfonamides is 1. The van der Waals surface area contributed by atoms with E-state index in [0.717, 1.165) is 19.3 Å². The first-order valence-electron chi connectivity index (χ1n) is 5.86. The van der Waals surface area contributed by atoms with Crippen LogP contribution < -0.4 is 10.5 Å². The molecule has 0 heterocycles. The average Bonchev–Trinajstić information content (AvgIpc) is 2.25. The van der Waals surface area contributed by atoms with Gasteiger partial charge in [-0.3, -0.25) is 4.79 Å². The highest BCUT2D eigenvalue weighted by molar-refractivity contribution is 9.10. The zero-order chi connectivity index (χ0) is 14.3. The van der Waals surface area contributed by atoms with Crippen LogP contribution in [0.5, 0.6) is 0 Å². The van der Waals surface area contributed by atoms with Gasteiger partial charge in [0, 0.05) is 10.0 Å². The van der Waals surface area contributed by atoms with Crippen LogP contribution in [0, 0.1) is 0 Å². The Morgan fingerprint density at radius 3 is 2.53 bits per heavy atom. The van der Waals surface area contributed by atoms with Crippen LogP contribution in [0.3, 0.4) is 0 Å². The molecular formula is C12H15BrN2O3S. The predicted octanol–water partition coefficient (Wildman–Crippen LogP) is 1.77. The molecule has 7 heteroatoms. The van der Waals surface area contributed by atoms with Gasteiger partial charge in [0.05, 0.1) is 10.5 Å². The second-order valence-electron chi connectivity index (χ2n) is 5.05. The van der Waals surface area contributed by atoms with Gasteiger partial charge in [0.15, 0.2) is 0 Å². The van der Waals surface area contributed by atoms with E-state index >= 15 is 0 Å². The Kier molecular flexibility index (Phi) is 3.72. The molecule has 0 unspecified atom stereocenters. The molecule has 2 rings (SSSR count). The Labute approximate surface area is 120 Å². The van der Waals surface area contributed by atoms with Crippen LogP contribution in [0.25, 0.3) is 0 Å². The summed E-state index contributed by atoms with van der Waals surface area (Å²) in [6.07, 6.45) is 2.96. The van der Waals surface area contributed by atoms with Gasteiger partial charge in [-0.2, -0.15) is 0 Å². The van der Waals surface area contributed by atoms with Crippen molar-refractivity contribution < 1.29 is 13.2 Å². The minimum absolute atomic E-state index is 0.0698. The first-order valence-corrected chi connectivity index (χ1v) is 8.20. The molecule has 0 aromatic heterocycles. The first-order chi connectivity index (χ1) is 8.71. The van der Waals surface area contributed by atoms with E-state index in [-0.39, 0.29) is 21.9 Å². The zero-order valence-corrected chi connectivity index (χ0v) is 12.8. The standard InChI is InChI=1S/C12H15BrN2O3S/c1-12(5-2-6-12)15-11(16)9-7-8(19(14,17)18)3-4-10(9)13/h3-4,7H,2,5-6H2,1H3,(H,15,16)(H2,14,17,18). The number of rotatable bonds is 3. The molecule has 0 saturated heterocycles. The Morgan fingerprint density at radius 1 is 1.42 bits per heavy atom. The third-order valence-corrected chi connectivity index (χ3v) is 4.99. The highest BCUT2D eigenvalue weighted by Gasteiger charge is 2.33. The van der Waals surface area contributed by atoms with Crippen molar-refractivity contribution in [1.29, 1.82) is 0 Å². The lowest BCUT2D eigenvalue weighted by Gasteiger charge is -2.39. The van der Waals surface area contributed by atoms with E-state index in [1.165, 1.54) is 18.2 Å². The largest absolute Gasteiger partial charge is 0.347 e. The third-order valence-electron chi connectivity index (χ3n) is 3.38. The topological polar surface area (TPSA) is 89.3 Å². The zero-order valence-electron chi connectivity index (χ0n) is 10.4. The Hall–Kier alpha value is -0.920. The van der Waals surface area contributed by atoms with E-state index in [1.807, 2.05) is 6.92 Å². The van der Waals surface area contributed by atoms with Gasteiger partial charge >= 0.3 is 0 Å². The second kappa shape index (κ2) is 4.88. The summed E-state index contributed by atoms with van der Waals surface area (Å²) >= 11 is 3.25. The van der Waals surface area contributed by atoms with Gasteiger partial charge < -0.3 is 5.32 Å². The highest BCUT2D eigenvalue weighted by Crippen LogP contribution is 2.32. The molecule has 1 amide bonds. The summed E-state index contributed by atoms with van der Waals surface area (Å²) in [6, 6.07) is 4.16. The SMILES string of the molecule is CC1(NC(=O)c2cc(S(N)(=O)=O)ccc2Br)CCC1. The van der Waals surface area contributed by atoms with Crippen LogP contribution >= 0.6 is 15.9 Å². The van der Waals surface area contributed by atoms with Crippen molar-refractivity contribution in [3.8, 4) is 0 Å². The third kappa shape index (κ3) is 3.16. The molecule has 0 radical (unpaired) electrons. The highest BCUT2D eigenvalue weighted by atomic mass is 79.9. The molecule has 1 aromatic rings. The molecule has 0 atom stereocenters. The normalized spacial score (nSPS) is 17.6. The number of nitrogens with one attached hydrogen (secondary N) is 1. The molecule has 3 N–H and O–H groups in total. The molecule has 1 fully saturated rings. The van der Waals surface area contributed by atoms with Crippen molar-refractivity contribution in [2.75, 3.05) is 0 Å².